The molecular weight excluding hydrogens is 384 g/mol. The second kappa shape index (κ2) is 8.49. The van der Waals surface area contributed by atoms with E-state index in [1.807, 2.05) is 39.8 Å². The van der Waals surface area contributed by atoms with E-state index in [1.54, 1.807) is 6.07 Å². The normalized spacial score (nSPS) is 13.8. The summed E-state index contributed by atoms with van der Waals surface area (Å²) in [4.78, 5) is 51.0. The molecule has 3 rings (SSSR count). The van der Waals surface area contributed by atoms with Crippen molar-refractivity contribution >= 4 is 29.4 Å². The highest BCUT2D eigenvalue weighted by Crippen LogP contribution is 2.31. The number of hydrogen-bond donors (Lipinski definition) is 1. The highest BCUT2D eigenvalue weighted by atomic mass is 16.5. The van der Waals surface area contributed by atoms with Gasteiger partial charge in [0.05, 0.1) is 22.4 Å². The first-order valence-corrected chi connectivity index (χ1v) is 9.79. The second-order valence-corrected chi connectivity index (χ2v) is 7.45. The molecule has 1 N–H and O–H groups in total. The lowest BCUT2D eigenvalue weighted by atomic mass is 10.1. The molecule has 156 valence electrons. The lowest BCUT2D eigenvalue weighted by Crippen LogP contribution is -2.35. The fourth-order valence-corrected chi connectivity index (χ4v) is 3.18. The van der Waals surface area contributed by atoms with Gasteiger partial charge in [-0.25, -0.2) is 9.69 Å². The Morgan fingerprint density at radius 3 is 2.43 bits per heavy atom. The van der Waals surface area contributed by atoms with Gasteiger partial charge in [-0.05, 0) is 62.6 Å². The minimum Gasteiger partial charge on any atom is -0.452 e. The van der Waals surface area contributed by atoms with Crippen molar-refractivity contribution < 1.29 is 23.9 Å². The summed E-state index contributed by atoms with van der Waals surface area (Å²) >= 11 is 0. The number of amides is 3. The highest BCUT2D eigenvalue weighted by Gasteiger charge is 2.38. The molecule has 1 atom stereocenters. The zero-order chi connectivity index (χ0) is 22.0. The number of aryl methyl sites for hydroxylation is 2. The molecule has 0 radical (unpaired) electrons. The van der Waals surface area contributed by atoms with Gasteiger partial charge in [0.1, 0.15) is 0 Å². The number of benzene rings is 2. The van der Waals surface area contributed by atoms with Crippen LogP contribution in [0.2, 0.25) is 0 Å². The molecule has 1 heterocycles. The maximum absolute atomic E-state index is 13.0. The van der Waals surface area contributed by atoms with Crippen molar-refractivity contribution in [3.05, 3.63) is 64.2 Å². The van der Waals surface area contributed by atoms with E-state index in [0.29, 0.717) is 5.69 Å². The molecule has 0 saturated heterocycles. The van der Waals surface area contributed by atoms with Gasteiger partial charge < -0.3 is 10.1 Å². The summed E-state index contributed by atoms with van der Waals surface area (Å²) in [5, 5.41) is 2.70. The van der Waals surface area contributed by atoms with Gasteiger partial charge in [-0.2, -0.15) is 0 Å². The predicted octanol–water partition coefficient (Wildman–Crippen LogP) is 3.18. The van der Waals surface area contributed by atoms with Gasteiger partial charge in [0.2, 0.25) is 0 Å². The van der Waals surface area contributed by atoms with Crippen molar-refractivity contribution in [2.24, 2.45) is 0 Å². The van der Waals surface area contributed by atoms with E-state index in [0.717, 1.165) is 22.4 Å². The third-order valence-electron chi connectivity index (χ3n) is 5.08. The Morgan fingerprint density at radius 2 is 1.73 bits per heavy atom. The molecule has 1 aliphatic rings. The fourth-order valence-electron chi connectivity index (χ4n) is 3.18. The summed E-state index contributed by atoms with van der Waals surface area (Å²) in [5.41, 5.74) is 2.71. The summed E-state index contributed by atoms with van der Waals surface area (Å²) < 4.78 is 5.04. The Bertz CT molecular complexity index is 1040. The van der Waals surface area contributed by atoms with E-state index in [2.05, 4.69) is 5.32 Å². The number of imide groups is 1. The van der Waals surface area contributed by atoms with Crippen LogP contribution in [0.4, 0.5) is 5.69 Å². The van der Waals surface area contributed by atoms with Crippen LogP contribution in [0.5, 0.6) is 0 Å². The third-order valence-corrected chi connectivity index (χ3v) is 5.08. The molecule has 7 nitrogen and oxygen atoms in total. The van der Waals surface area contributed by atoms with E-state index in [4.69, 9.17) is 4.74 Å². The minimum absolute atomic E-state index is 0.0177. The summed E-state index contributed by atoms with van der Waals surface area (Å²) in [6.07, 6.45) is 0.761. The Labute approximate surface area is 175 Å². The number of anilines is 1. The number of carbonyl (C=O) groups excluding carboxylic acids is 4. The van der Waals surface area contributed by atoms with E-state index >= 15 is 0 Å². The van der Waals surface area contributed by atoms with E-state index in [9.17, 15) is 19.2 Å². The molecule has 0 aliphatic carbocycles. The Morgan fingerprint density at radius 1 is 1.03 bits per heavy atom. The van der Waals surface area contributed by atoms with Crippen LogP contribution in [0.3, 0.4) is 0 Å². The number of hydrogen-bond acceptors (Lipinski definition) is 5. The van der Waals surface area contributed by atoms with Crippen LogP contribution in [0.25, 0.3) is 0 Å². The molecule has 3 amide bonds. The van der Waals surface area contributed by atoms with Gasteiger partial charge >= 0.3 is 5.97 Å². The van der Waals surface area contributed by atoms with Crippen LogP contribution in [-0.2, 0) is 9.53 Å². The van der Waals surface area contributed by atoms with Gasteiger partial charge in [-0.3, -0.25) is 14.4 Å². The monoisotopic (exact) mass is 408 g/mol. The second-order valence-electron chi connectivity index (χ2n) is 7.45. The average Bonchev–Trinajstić information content (AvgIpc) is 2.97. The summed E-state index contributed by atoms with van der Waals surface area (Å²) in [6, 6.07) is 9.72. The number of carbonyl (C=O) groups is 4. The molecule has 7 heteroatoms. The van der Waals surface area contributed by atoms with Gasteiger partial charge in [0.25, 0.3) is 17.7 Å². The van der Waals surface area contributed by atoms with Crippen LogP contribution >= 0.6 is 0 Å². The van der Waals surface area contributed by atoms with Crippen molar-refractivity contribution in [3.63, 3.8) is 0 Å². The highest BCUT2D eigenvalue weighted by molar-refractivity contribution is 6.35. The number of ether oxygens (including phenoxy) is 1. The third kappa shape index (κ3) is 4.10. The van der Waals surface area contributed by atoms with Gasteiger partial charge in [0, 0.05) is 6.04 Å². The molecule has 0 spiro atoms. The molecule has 0 unspecified atom stereocenters. The largest absolute Gasteiger partial charge is 0.452 e. The quantitative estimate of drug-likeness (QED) is 0.585. The summed E-state index contributed by atoms with van der Waals surface area (Å²) in [7, 11) is 0. The maximum atomic E-state index is 13.0. The topological polar surface area (TPSA) is 92.8 Å². The Kier molecular flexibility index (Phi) is 6.01. The van der Waals surface area contributed by atoms with Crippen LogP contribution < -0.4 is 10.2 Å². The van der Waals surface area contributed by atoms with Gasteiger partial charge in [-0.1, -0.05) is 19.1 Å². The Hall–Kier alpha value is -3.48. The first-order chi connectivity index (χ1) is 14.2. The lowest BCUT2D eigenvalue weighted by Gasteiger charge is -2.17. The Balaban J connectivity index is 1.79. The standard InChI is InChI=1S/C23H24N2O5/c1-5-15(4)24-20(26)12-30-23(29)16-8-9-17-18(11-16)22(28)25(21(17)27)19-10-13(2)6-7-14(19)3/h6-11,15H,5,12H2,1-4H3,(H,24,26)/t15-/m0/s1. The summed E-state index contributed by atoms with van der Waals surface area (Å²) in [5.74, 6) is -2.06. The van der Waals surface area contributed by atoms with Crippen molar-refractivity contribution in [2.45, 2.75) is 40.2 Å². The number of esters is 1. The number of rotatable bonds is 6. The van der Waals surface area contributed by atoms with Gasteiger partial charge in [-0.15, -0.1) is 0 Å². The minimum atomic E-state index is -0.734. The number of nitrogens with one attached hydrogen (secondary N) is 1. The molecular formula is C23H24N2O5. The fraction of sp³-hybridized carbons (Fsp3) is 0.304. The van der Waals surface area contributed by atoms with Crippen molar-refractivity contribution in [2.75, 3.05) is 11.5 Å². The van der Waals surface area contributed by atoms with Crippen molar-refractivity contribution in [1.82, 2.24) is 5.32 Å². The summed E-state index contributed by atoms with van der Waals surface area (Å²) in [6.45, 7) is 7.08. The predicted molar refractivity (Wildman–Crippen MR) is 112 cm³/mol. The van der Waals surface area contributed by atoms with Crippen molar-refractivity contribution in [1.29, 1.82) is 0 Å². The van der Waals surface area contributed by atoms with Crippen LogP contribution in [-0.4, -0.2) is 36.3 Å². The zero-order valence-electron chi connectivity index (χ0n) is 17.4. The molecule has 1 aliphatic heterocycles. The average molecular weight is 408 g/mol. The van der Waals surface area contributed by atoms with Crippen LogP contribution in [0, 0.1) is 13.8 Å². The van der Waals surface area contributed by atoms with E-state index in [-0.39, 0.29) is 22.7 Å². The molecule has 0 bridgehead atoms. The maximum Gasteiger partial charge on any atom is 0.338 e. The van der Waals surface area contributed by atoms with Crippen LogP contribution in [0.15, 0.2) is 36.4 Å². The van der Waals surface area contributed by atoms with Crippen LogP contribution in [0.1, 0.15) is 62.5 Å². The first kappa shape index (κ1) is 21.2. The molecule has 30 heavy (non-hydrogen) atoms. The molecule has 0 fully saturated rings. The first-order valence-electron chi connectivity index (χ1n) is 9.79. The van der Waals surface area contributed by atoms with E-state index in [1.165, 1.54) is 18.2 Å². The van der Waals surface area contributed by atoms with Crippen molar-refractivity contribution in [3.8, 4) is 0 Å². The molecule has 0 saturated carbocycles. The smallest absolute Gasteiger partial charge is 0.338 e. The number of nitrogens with zero attached hydrogens (tertiary/aromatic N) is 1. The number of fused-ring (bicyclic) bond motifs is 1. The zero-order valence-corrected chi connectivity index (χ0v) is 17.4. The lowest BCUT2D eigenvalue weighted by molar-refractivity contribution is -0.124. The SMILES string of the molecule is CC[C@H](C)NC(=O)COC(=O)c1ccc2c(c1)C(=O)N(c1cc(C)ccc1C)C2=O. The molecule has 0 aromatic heterocycles. The molecule has 2 aromatic carbocycles. The van der Waals surface area contributed by atoms with E-state index < -0.39 is 30.3 Å². The molecule has 2 aromatic rings. The van der Waals surface area contributed by atoms with Gasteiger partial charge in [0.15, 0.2) is 6.61 Å².